The number of rotatable bonds is 13. The third-order valence-electron chi connectivity index (χ3n) is 6.17. The molecule has 0 fully saturated rings. The molecule has 3 aromatic rings. The molecule has 1 N–H and O–H groups in total. The van der Waals surface area contributed by atoms with Crippen molar-refractivity contribution < 1.29 is 18.0 Å². The van der Waals surface area contributed by atoms with Gasteiger partial charge in [0.25, 0.3) is 0 Å². The van der Waals surface area contributed by atoms with Crippen LogP contribution in [0.25, 0.3) is 0 Å². The number of benzene rings is 3. The van der Waals surface area contributed by atoms with Crippen molar-refractivity contribution in [3.63, 3.8) is 0 Å². The highest BCUT2D eigenvalue weighted by atomic mass is 35.5. The van der Waals surface area contributed by atoms with E-state index in [2.05, 4.69) is 5.32 Å². The highest BCUT2D eigenvalue weighted by Gasteiger charge is 2.33. The average Bonchev–Trinajstić information content (AvgIpc) is 2.91. The predicted molar refractivity (Wildman–Crippen MR) is 157 cm³/mol. The molecule has 0 radical (unpaired) electrons. The first-order chi connectivity index (χ1) is 18.6. The summed E-state index contributed by atoms with van der Waals surface area (Å²) in [5.41, 5.74) is 1.89. The first kappa shape index (κ1) is 30.5. The summed E-state index contributed by atoms with van der Waals surface area (Å²) in [6, 6.07) is 22.2. The highest BCUT2D eigenvalue weighted by Crippen LogP contribution is 2.28. The third kappa shape index (κ3) is 8.98. The van der Waals surface area contributed by atoms with Crippen molar-refractivity contribution in [2.24, 2.45) is 0 Å². The fourth-order valence-electron chi connectivity index (χ4n) is 4.09. The number of carbonyl (C=O) groups is 2. The first-order valence-electron chi connectivity index (χ1n) is 12.7. The van der Waals surface area contributed by atoms with Crippen molar-refractivity contribution in [3.8, 4) is 0 Å². The largest absolute Gasteiger partial charge is 0.354 e. The molecule has 0 saturated carbocycles. The van der Waals surface area contributed by atoms with Gasteiger partial charge < -0.3 is 10.2 Å². The Labute approximate surface area is 240 Å². The van der Waals surface area contributed by atoms with Crippen molar-refractivity contribution >= 4 is 50.7 Å². The lowest BCUT2D eigenvalue weighted by Gasteiger charge is -2.33. The number of hydrogen-bond acceptors (Lipinski definition) is 4. The van der Waals surface area contributed by atoms with Crippen LogP contribution in [0.1, 0.15) is 30.9 Å². The van der Waals surface area contributed by atoms with E-state index in [9.17, 15) is 18.0 Å². The van der Waals surface area contributed by atoms with E-state index in [4.69, 9.17) is 23.2 Å². The summed E-state index contributed by atoms with van der Waals surface area (Å²) in [7, 11) is -3.89. The van der Waals surface area contributed by atoms with Gasteiger partial charge in [-0.05, 0) is 35.7 Å². The van der Waals surface area contributed by atoms with E-state index in [-0.39, 0.29) is 34.6 Å². The third-order valence-corrected chi connectivity index (χ3v) is 8.05. The maximum atomic E-state index is 14.0. The lowest BCUT2D eigenvalue weighted by atomic mass is 10.0. The summed E-state index contributed by atoms with van der Waals surface area (Å²) in [4.78, 5) is 29.0. The number of anilines is 1. The molecule has 0 aliphatic carbocycles. The minimum Gasteiger partial charge on any atom is -0.354 e. The molecule has 10 heteroatoms. The summed E-state index contributed by atoms with van der Waals surface area (Å²) in [5.74, 6) is -0.820. The number of nitrogens with zero attached hydrogens (tertiary/aromatic N) is 2. The van der Waals surface area contributed by atoms with Crippen LogP contribution in [0.4, 0.5) is 5.69 Å². The molecule has 0 aliphatic heterocycles. The van der Waals surface area contributed by atoms with Crippen LogP contribution in [0, 0.1) is 0 Å². The molecule has 39 heavy (non-hydrogen) atoms. The fraction of sp³-hybridized carbons (Fsp3) is 0.310. The molecule has 0 aliphatic rings. The van der Waals surface area contributed by atoms with Crippen molar-refractivity contribution in [1.82, 2.24) is 10.2 Å². The Morgan fingerprint density at radius 3 is 2.08 bits per heavy atom. The quantitative estimate of drug-likeness (QED) is 0.273. The number of sulfonamides is 1. The molecule has 0 heterocycles. The van der Waals surface area contributed by atoms with Gasteiger partial charge in [0.15, 0.2) is 0 Å². The summed E-state index contributed by atoms with van der Waals surface area (Å²) >= 11 is 12.2. The van der Waals surface area contributed by atoms with Crippen molar-refractivity contribution in [3.05, 3.63) is 100 Å². The molecule has 0 aromatic heterocycles. The van der Waals surface area contributed by atoms with Crippen molar-refractivity contribution in [2.45, 2.75) is 38.8 Å². The molecular formula is C29H33Cl2N3O4S. The molecule has 0 unspecified atom stereocenters. The van der Waals surface area contributed by atoms with Gasteiger partial charge in [-0.25, -0.2) is 8.42 Å². The molecule has 0 spiro atoms. The lowest BCUT2D eigenvalue weighted by molar-refractivity contribution is -0.140. The number of amides is 2. The summed E-state index contributed by atoms with van der Waals surface area (Å²) in [5, 5.41) is 3.38. The second kappa shape index (κ2) is 14.4. The predicted octanol–water partition coefficient (Wildman–Crippen LogP) is 5.32. The number of halogens is 2. The van der Waals surface area contributed by atoms with Crippen LogP contribution in [0.15, 0.2) is 78.9 Å². The van der Waals surface area contributed by atoms with E-state index in [1.54, 1.807) is 0 Å². The number of carbonyl (C=O) groups excluding carboxylic acids is 2. The van der Waals surface area contributed by atoms with E-state index >= 15 is 0 Å². The van der Waals surface area contributed by atoms with E-state index in [0.717, 1.165) is 34.5 Å². The topological polar surface area (TPSA) is 86.8 Å². The van der Waals surface area contributed by atoms with Gasteiger partial charge in [0.1, 0.15) is 12.6 Å². The molecule has 0 bridgehead atoms. The monoisotopic (exact) mass is 589 g/mol. The van der Waals surface area contributed by atoms with Gasteiger partial charge in [-0.3, -0.25) is 13.9 Å². The van der Waals surface area contributed by atoms with E-state index < -0.39 is 28.5 Å². The minimum atomic E-state index is -3.89. The van der Waals surface area contributed by atoms with Crippen molar-refractivity contribution in [1.29, 1.82) is 0 Å². The first-order valence-corrected chi connectivity index (χ1v) is 15.3. The van der Waals surface area contributed by atoms with Gasteiger partial charge in [-0.15, -0.1) is 0 Å². The standard InChI is InChI=1S/C29H33Cl2N3O4S/c1-3-4-17-32-29(36)27(18-22-11-7-5-8-12-22)33(20-23-13-9-6-10-14-23)28(35)21-34(39(2,37)38)24-15-16-25(30)26(31)19-24/h5-16,19,27H,3-4,17-18,20-21H2,1-2H3,(H,32,36)/t27-/m1/s1. The molecule has 1 atom stereocenters. The maximum absolute atomic E-state index is 14.0. The lowest BCUT2D eigenvalue weighted by Crippen LogP contribution is -2.53. The summed E-state index contributed by atoms with van der Waals surface area (Å²) < 4.78 is 26.6. The Bertz CT molecular complexity index is 1360. The van der Waals surface area contributed by atoms with Crippen LogP contribution < -0.4 is 9.62 Å². The van der Waals surface area contributed by atoms with Crippen LogP contribution in [-0.2, 0) is 32.6 Å². The smallest absolute Gasteiger partial charge is 0.244 e. The molecule has 0 saturated heterocycles. The van der Waals surface area contributed by atoms with Crippen LogP contribution in [0.3, 0.4) is 0 Å². The second-order valence-corrected chi connectivity index (χ2v) is 11.9. The fourth-order valence-corrected chi connectivity index (χ4v) is 5.23. The number of unbranched alkanes of at least 4 members (excludes halogenated alkanes) is 1. The van der Waals surface area contributed by atoms with Crippen LogP contribution in [0.5, 0.6) is 0 Å². The van der Waals surface area contributed by atoms with Crippen LogP contribution in [-0.4, -0.2) is 50.5 Å². The van der Waals surface area contributed by atoms with Crippen molar-refractivity contribution in [2.75, 3.05) is 23.7 Å². The molecular weight excluding hydrogens is 557 g/mol. The minimum absolute atomic E-state index is 0.122. The van der Waals surface area contributed by atoms with Crippen LogP contribution >= 0.6 is 23.2 Å². The number of hydrogen-bond donors (Lipinski definition) is 1. The summed E-state index contributed by atoms with van der Waals surface area (Å²) in [6.45, 7) is 2.11. The zero-order valence-corrected chi connectivity index (χ0v) is 24.3. The van der Waals surface area contributed by atoms with Gasteiger partial charge in [-0.2, -0.15) is 0 Å². The zero-order chi connectivity index (χ0) is 28.4. The summed E-state index contributed by atoms with van der Waals surface area (Å²) in [6.07, 6.45) is 2.99. The Hall–Kier alpha value is -3.07. The Morgan fingerprint density at radius 2 is 1.51 bits per heavy atom. The van der Waals surface area contributed by atoms with Crippen LogP contribution in [0.2, 0.25) is 10.0 Å². The van der Waals surface area contributed by atoms with Gasteiger partial charge >= 0.3 is 0 Å². The Balaban J connectivity index is 2.02. The molecule has 3 aromatic carbocycles. The van der Waals surface area contributed by atoms with Gasteiger partial charge in [0, 0.05) is 19.5 Å². The van der Waals surface area contributed by atoms with E-state index in [0.29, 0.717) is 6.54 Å². The molecule has 208 valence electrons. The SMILES string of the molecule is CCCCNC(=O)[C@@H](Cc1ccccc1)N(Cc1ccccc1)C(=O)CN(c1ccc(Cl)c(Cl)c1)S(C)(=O)=O. The van der Waals surface area contributed by atoms with E-state index in [1.165, 1.54) is 23.1 Å². The van der Waals surface area contributed by atoms with Gasteiger partial charge in [0.2, 0.25) is 21.8 Å². The zero-order valence-electron chi connectivity index (χ0n) is 22.0. The number of nitrogens with one attached hydrogen (secondary N) is 1. The molecule has 2 amide bonds. The Morgan fingerprint density at radius 1 is 0.897 bits per heavy atom. The van der Waals surface area contributed by atoms with Gasteiger partial charge in [0.05, 0.1) is 22.0 Å². The Kier molecular flexibility index (Phi) is 11.2. The highest BCUT2D eigenvalue weighted by molar-refractivity contribution is 7.92. The second-order valence-electron chi connectivity index (χ2n) is 9.23. The molecule has 3 rings (SSSR count). The normalized spacial score (nSPS) is 12.0. The average molecular weight is 591 g/mol. The van der Waals surface area contributed by atoms with Gasteiger partial charge in [-0.1, -0.05) is 97.2 Å². The maximum Gasteiger partial charge on any atom is 0.244 e. The molecule has 7 nitrogen and oxygen atoms in total. The van der Waals surface area contributed by atoms with E-state index in [1.807, 2.05) is 67.6 Å².